The maximum absolute atomic E-state index is 6.45. The Labute approximate surface area is 228 Å². The van der Waals surface area contributed by atoms with Gasteiger partial charge in [0.1, 0.15) is 23.8 Å². The first-order valence-electron chi connectivity index (χ1n) is 13.5. The van der Waals surface area contributed by atoms with Gasteiger partial charge in [-0.2, -0.15) is 4.98 Å². The molecule has 2 unspecified atom stereocenters. The van der Waals surface area contributed by atoms with Crippen molar-refractivity contribution in [3.63, 3.8) is 0 Å². The molecule has 2 saturated heterocycles. The van der Waals surface area contributed by atoms with Gasteiger partial charge in [-0.1, -0.05) is 36.4 Å². The minimum atomic E-state index is -0.0825. The number of anilines is 4. The lowest BCUT2D eigenvalue weighted by atomic mass is 10.0. The monoisotopic (exact) mass is 526 g/mol. The highest BCUT2D eigenvalue weighted by Crippen LogP contribution is 2.34. The Morgan fingerprint density at radius 3 is 2.72 bits per heavy atom. The second kappa shape index (κ2) is 11.4. The van der Waals surface area contributed by atoms with Gasteiger partial charge in [-0.3, -0.25) is 0 Å². The molecule has 2 atom stereocenters. The van der Waals surface area contributed by atoms with Crippen molar-refractivity contribution in [2.75, 3.05) is 62.0 Å². The molecule has 0 amide bonds. The van der Waals surface area contributed by atoms with E-state index in [1.54, 1.807) is 0 Å². The second-order valence-electron chi connectivity index (χ2n) is 9.84. The van der Waals surface area contributed by atoms with Crippen LogP contribution in [0.5, 0.6) is 5.75 Å². The first kappa shape index (κ1) is 25.4. The molecule has 2 aliphatic rings. The number of para-hydroxylation sites is 3. The maximum Gasteiger partial charge on any atom is 0.229 e. The first-order chi connectivity index (χ1) is 19.2. The molecule has 4 aromatic rings. The molecular formula is C30H34N6O3. The summed E-state index contributed by atoms with van der Waals surface area (Å²) < 4.78 is 17.7. The number of hydrogen-bond donors (Lipinski definition) is 3. The minimum Gasteiger partial charge on any atom is -0.488 e. The number of nitrogens with one attached hydrogen (secondary N) is 2. The number of rotatable bonds is 7. The van der Waals surface area contributed by atoms with Crippen molar-refractivity contribution in [3.05, 3.63) is 66.7 Å². The Bertz CT molecular complexity index is 1440. The molecule has 202 valence electrons. The molecular weight excluding hydrogens is 492 g/mol. The average molecular weight is 527 g/mol. The van der Waals surface area contributed by atoms with Crippen LogP contribution in [0.3, 0.4) is 0 Å². The lowest BCUT2D eigenvalue weighted by Gasteiger charge is -2.30. The highest BCUT2D eigenvalue weighted by Gasteiger charge is 2.22. The predicted octanol–water partition coefficient (Wildman–Crippen LogP) is 4.21. The Hall–Kier alpha value is -3.92. The van der Waals surface area contributed by atoms with E-state index in [0.29, 0.717) is 31.6 Å². The van der Waals surface area contributed by atoms with Gasteiger partial charge in [0, 0.05) is 37.1 Å². The molecule has 0 radical (unpaired) electrons. The minimum absolute atomic E-state index is 0.0153. The van der Waals surface area contributed by atoms with Crippen molar-refractivity contribution in [1.29, 1.82) is 0 Å². The number of morpholine rings is 2. The van der Waals surface area contributed by atoms with Gasteiger partial charge in [-0.05, 0) is 42.8 Å². The number of benzene rings is 3. The van der Waals surface area contributed by atoms with Crippen molar-refractivity contribution >= 4 is 34.0 Å². The smallest absolute Gasteiger partial charge is 0.229 e. The molecule has 0 saturated carbocycles. The van der Waals surface area contributed by atoms with E-state index in [1.165, 1.54) is 0 Å². The largest absolute Gasteiger partial charge is 0.488 e. The van der Waals surface area contributed by atoms with Crippen LogP contribution in [0.1, 0.15) is 6.92 Å². The molecule has 2 fully saturated rings. The van der Waals surface area contributed by atoms with Crippen LogP contribution in [0, 0.1) is 0 Å². The second-order valence-corrected chi connectivity index (χ2v) is 9.84. The molecule has 9 nitrogen and oxygen atoms in total. The summed E-state index contributed by atoms with van der Waals surface area (Å²) in [6, 6.07) is 22.2. The van der Waals surface area contributed by atoms with Crippen LogP contribution >= 0.6 is 0 Å². The standard InChI is InChI=1S/C30H34N6O3/c1-20(27-19-32-12-15-38-27)39-22-7-4-6-21(18-22)23-8-5-9-24-28(23)34-30(35-29(24)31)33-25-10-2-3-11-26(25)36-13-16-37-17-14-36/h2-11,18,20,27,32H,12-17,19H2,1H3,(H3,31,33,34,35). The Kier molecular flexibility index (Phi) is 7.44. The van der Waals surface area contributed by atoms with Gasteiger partial charge in [-0.25, -0.2) is 4.98 Å². The molecule has 6 rings (SSSR count). The van der Waals surface area contributed by atoms with Crippen LogP contribution in [0.15, 0.2) is 66.7 Å². The molecule has 3 aromatic carbocycles. The van der Waals surface area contributed by atoms with Crippen LogP contribution in [0.25, 0.3) is 22.0 Å². The fourth-order valence-electron chi connectivity index (χ4n) is 5.16. The number of fused-ring (bicyclic) bond motifs is 1. The van der Waals surface area contributed by atoms with Gasteiger partial charge in [-0.15, -0.1) is 0 Å². The molecule has 3 heterocycles. The zero-order valence-electron chi connectivity index (χ0n) is 22.1. The van der Waals surface area contributed by atoms with Crippen LogP contribution in [0.2, 0.25) is 0 Å². The van der Waals surface area contributed by atoms with Crippen LogP contribution in [-0.4, -0.2) is 68.2 Å². The van der Waals surface area contributed by atoms with Crippen molar-refractivity contribution < 1.29 is 14.2 Å². The van der Waals surface area contributed by atoms with E-state index < -0.39 is 0 Å². The summed E-state index contributed by atoms with van der Waals surface area (Å²) in [4.78, 5) is 11.8. The quantitative estimate of drug-likeness (QED) is 0.326. The fourth-order valence-corrected chi connectivity index (χ4v) is 5.16. The van der Waals surface area contributed by atoms with Crippen molar-refractivity contribution in [2.24, 2.45) is 0 Å². The Balaban J connectivity index is 1.31. The third-order valence-electron chi connectivity index (χ3n) is 7.21. The van der Waals surface area contributed by atoms with E-state index in [9.17, 15) is 0 Å². The summed E-state index contributed by atoms with van der Waals surface area (Å²) >= 11 is 0. The van der Waals surface area contributed by atoms with Gasteiger partial charge < -0.3 is 35.5 Å². The van der Waals surface area contributed by atoms with Crippen molar-refractivity contribution in [3.8, 4) is 16.9 Å². The Morgan fingerprint density at radius 1 is 1.03 bits per heavy atom. The van der Waals surface area contributed by atoms with Crippen LogP contribution in [0.4, 0.5) is 23.1 Å². The van der Waals surface area contributed by atoms with Crippen molar-refractivity contribution in [1.82, 2.24) is 15.3 Å². The topological polar surface area (TPSA) is 107 Å². The highest BCUT2D eigenvalue weighted by molar-refractivity contribution is 5.99. The van der Waals surface area contributed by atoms with E-state index in [0.717, 1.165) is 65.3 Å². The molecule has 0 spiro atoms. The molecule has 4 N–H and O–H groups in total. The summed E-state index contributed by atoms with van der Waals surface area (Å²) in [5, 5.41) is 7.60. The lowest BCUT2D eigenvalue weighted by Crippen LogP contribution is -2.46. The highest BCUT2D eigenvalue weighted by atomic mass is 16.5. The third kappa shape index (κ3) is 5.61. The number of aromatic nitrogens is 2. The van der Waals surface area contributed by atoms with Gasteiger partial charge in [0.25, 0.3) is 0 Å². The third-order valence-corrected chi connectivity index (χ3v) is 7.21. The Morgan fingerprint density at radius 2 is 1.87 bits per heavy atom. The zero-order valence-corrected chi connectivity index (χ0v) is 22.1. The summed E-state index contributed by atoms with van der Waals surface area (Å²) in [6.45, 7) is 7.50. The molecule has 0 aliphatic carbocycles. The van der Waals surface area contributed by atoms with Gasteiger partial charge in [0.15, 0.2) is 0 Å². The summed E-state index contributed by atoms with van der Waals surface area (Å²) in [6.07, 6.45) is -0.0673. The van der Waals surface area contributed by atoms with Gasteiger partial charge in [0.2, 0.25) is 5.95 Å². The van der Waals surface area contributed by atoms with Crippen LogP contribution < -0.4 is 26.0 Å². The normalized spacial score (nSPS) is 18.6. The van der Waals surface area contributed by atoms with E-state index in [-0.39, 0.29) is 12.2 Å². The van der Waals surface area contributed by atoms with Crippen LogP contribution in [-0.2, 0) is 9.47 Å². The summed E-state index contributed by atoms with van der Waals surface area (Å²) in [5.41, 5.74) is 11.2. The zero-order chi connectivity index (χ0) is 26.6. The molecule has 9 heteroatoms. The number of nitrogens with two attached hydrogens (primary N) is 1. The number of hydrogen-bond acceptors (Lipinski definition) is 9. The van der Waals surface area contributed by atoms with E-state index in [4.69, 9.17) is 24.9 Å². The molecule has 2 aliphatic heterocycles. The lowest BCUT2D eigenvalue weighted by molar-refractivity contribution is -0.0350. The average Bonchev–Trinajstić information content (AvgIpc) is 2.98. The summed E-state index contributed by atoms with van der Waals surface area (Å²) in [5.74, 6) is 1.67. The summed E-state index contributed by atoms with van der Waals surface area (Å²) in [7, 11) is 0. The molecule has 39 heavy (non-hydrogen) atoms. The van der Waals surface area contributed by atoms with E-state index in [2.05, 4.69) is 38.7 Å². The molecule has 0 bridgehead atoms. The number of nitrogen functional groups attached to an aromatic ring is 1. The number of nitrogens with zero attached hydrogens (tertiary/aromatic N) is 3. The van der Waals surface area contributed by atoms with E-state index >= 15 is 0 Å². The predicted molar refractivity (Wildman–Crippen MR) is 155 cm³/mol. The molecule has 1 aromatic heterocycles. The van der Waals surface area contributed by atoms with E-state index in [1.807, 2.05) is 55.5 Å². The van der Waals surface area contributed by atoms with Gasteiger partial charge in [0.05, 0.1) is 36.7 Å². The SMILES string of the molecule is CC(Oc1cccc(-c2cccc3c(N)nc(Nc4ccccc4N4CCOCC4)nc23)c1)C1CNCCO1. The number of ether oxygens (including phenoxy) is 3. The van der Waals surface area contributed by atoms with Crippen molar-refractivity contribution in [2.45, 2.75) is 19.1 Å². The maximum atomic E-state index is 6.45. The van der Waals surface area contributed by atoms with Gasteiger partial charge >= 0.3 is 0 Å². The first-order valence-corrected chi connectivity index (χ1v) is 13.5. The fraction of sp³-hybridized carbons (Fsp3) is 0.333.